The normalized spacial score (nSPS) is 23.0. The van der Waals surface area contributed by atoms with Crippen LogP contribution in [0.1, 0.15) is 36.9 Å². The van der Waals surface area contributed by atoms with E-state index >= 15 is 0 Å². The fourth-order valence-electron chi connectivity index (χ4n) is 5.61. The summed E-state index contributed by atoms with van der Waals surface area (Å²) in [5, 5.41) is 23.7. The number of nitrogens with zero attached hydrogens (tertiary/aromatic N) is 6. The van der Waals surface area contributed by atoms with E-state index < -0.39 is 0 Å². The van der Waals surface area contributed by atoms with Crippen molar-refractivity contribution in [2.75, 3.05) is 4.90 Å². The number of aliphatic hydroxyl groups is 1. The first-order chi connectivity index (χ1) is 15.5. The molecule has 10 heteroatoms. The number of halogens is 1. The number of aliphatic hydroxyl groups excluding tert-OH is 1. The number of nitrogens with one attached hydrogen (secondary N) is 1. The van der Waals surface area contributed by atoms with E-state index in [1.165, 1.54) is 0 Å². The average Bonchev–Trinajstić information content (AvgIpc) is 3.39. The zero-order valence-corrected chi connectivity index (χ0v) is 18.8. The maximum absolute atomic E-state index is 10.2. The van der Waals surface area contributed by atoms with Crippen LogP contribution in [0.5, 0.6) is 0 Å². The minimum atomic E-state index is -0.183. The summed E-state index contributed by atoms with van der Waals surface area (Å²) in [5.74, 6) is 0.736. The van der Waals surface area contributed by atoms with Gasteiger partial charge in [0.15, 0.2) is 5.82 Å². The average molecular weight is 453 g/mol. The molecule has 3 aromatic heterocycles. The molecule has 2 fully saturated rings. The number of H-pyrrole nitrogens is 1. The summed E-state index contributed by atoms with van der Waals surface area (Å²) in [4.78, 5) is 12.0. The molecule has 6 rings (SSSR count). The quantitative estimate of drug-likeness (QED) is 0.437. The second kappa shape index (κ2) is 7.13. The number of benzene rings is 1. The van der Waals surface area contributed by atoms with E-state index in [1.54, 1.807) is 4.68 Å². The first kappa shape index (κ1) is 19.9. The third kappa shape index (κ3) is 2.78. The Labute approximate surface area is 189 Å². The predicted molar refractivity (Wildman–Crippen MR) is 124 cm³/mol. The largest absolute Gasteiger partial charge is 0.390 e. The molecule has 0 amide bonds. The number of aromatic amines is 1. The summed E-state index contributed by atoms with van der Waals surface area (Å²) < 4.78 is 1.67. The molecule has 2 saturated heterocycles. The Morgan fingerprint density at radius 1 is 1.22 bits per heavy atom. The van der Waals surface area contributed by atoms with Crippen molar-refractivity contribution in [3.63, 3.8) is 0 Å². The number of nitrogens with two attached hydrogens (primary N) is 1. The lowest BCUT2D eigenvalue weighted by Gasteiger charge is -2.39. The molecule has 0 aliphatic carbocycles. The second-order valence-electron chi connectivity index (χ2n) is 8.99. The topological polar surface area (TPSA) is 122 Å². The number of fused-ring (bicyclic) bond motifs is 4. The molecular formula is C22H25ClN8O. The summed E-state index contributed by atoms with van der Waals surface area (Å²) in [6.07, 6.45) is 4.08. The maximum atomic E-state index is 10.2. The van der Waals surface area contributed by atoms with Crippen molar-refractivity contribution in [3.8, 4) is 11.3 Å². The lowest BCUT2D eigenvalue weighted by molar-refractivity contribution is 0.276. The molecule has 0 radical (unpaired) electrons. The Morgan fingerprint density at radius 3 is 2.69 bits per heavy atom. The molecule has 1 aromatic carbocycles. The van der Waals surface area contributed by atoms with Gasteiger partial charge in [-0.15, -0.1) is 0 Å². The number of anilines is 1. The van der Waals surface area contributed by atoms with Crippen LogP contribution in [0.2, 0.25) is 5.15 Å². The van der Waals surface area contributed by atoms with Crippen molar-refractivity contribution < 1.29 is 5.11 Å². The van der Waals surface area contributed by atoms with Gasteiger partial charge in [0.2, 0.25) is 5.65 Å². The van der Waals surface area contributed by atoms with Crippen molar-refractivity contribution in [2.45, 2.75) is 57.3 Å². The van der Waals surface area contributed by atoms with Crippen molar-refractivity contribution in [3.05, 3.63) is 28.5 Å². The monoisotopic (exact) mass is 452 g/mol. The van der Waals surface area contributed by atoms with Crippen molar-refractivity contribution in [1.29, 1.82) is 0 Å². The van der Waals surface area contributed by atoms with Gasteiger partial charge < -0.3 is 15.7 Å². The lowest BCUT2D eigenvalue weighted by atomic mass is 9.98. The Hall–Kier alpha value is -2.75. The van der Waals surface area contributed by atoms with Crippen LogP contribution in [0.3, 0.4) is 0 Å². The van der Waals surface area contributed by atoms with Crippen LogP contribution in [0.4, 0.5) is 5.82 Å². The van der Waals surface area contributed by atoms with E-state index in [-0.39, 0.29) is 12.6 Å². The van der Waals surface area contributed by atoms with Gasteiger partial charge in [0.25, 0.3) is 0 Å². The highest BCUT2D eigenvalue weighted by molar-refractivity contribution is 6.35. The molecule has 9 nitrogen and oxygen atoms in total. The number of hydrogen-bond donors (Lipinski definition) is 3. The van der Waals surface area contributed by atoms with Gasteiger partial charge in [-0.3, -0.25) is 9.78 Å². The van der Waals surface area contributed by atoms with Crippen LogP contribution < -0.4 is 10.6 Å². The van der Waals surface area contributed by atoms with Crippen LogP contribution in [0, 0.1) is 6.92 Å². The molecule has 166 valence electrons. The number of aryl methyl sites for hydroxylation is 2. The van der Waals surface area contributed by atoms with E-state index in [2.05, 4.69) is 20.2 Å². The minimum Gasteiger partial charge on any atom is -0.390 e. The Morgan fingerprint density at radius 2 is 1.97 bits per heavy atom. The van der Waals surface area contributed by atoms with Gasteiger partial charge >= 0.3 is 0 Å². The van der Waals surface area contributed by atoms with Crippen molar-refractivity contribution in [2.24, 2.45) is 12.8 Å². The van der Waals surface area contributed by atoms with Gasteiger partial charge in [-0.2, -0.15) is 10.2 Å². The fourth-order valence-corrected chi connectivity index (χ4v) is 5.88. The molecule has 32 heavy (non-hydrogen) atoms. The van der Waals surface area contributed by atoms with Crippen LogP contribution in [-0.4, -0.2) is 53.2 Å². The number of hydrogen-bond acceptors (Lipinski definition) is 7. The van der Waals surface area contributed by atoms with Gasteiger partial charge in [0, 0.05) is 36.1 Å². The first-order valence-corrected chi connectivity index (χ1v) is 11.4. The molecule has 0 spiro atoms. The van der Waals surface area contributed by atoms with Gasteiger partial charge in [-0.25, -0.2) is 9.97 Å². The van der Waals surface area contributed by atoms with E-state index in [9.17, 15) is 5.11 Å². The highest BCUT2D eigenvalue weighted by Crippen LogP contribution is 2.40. The predicted octanol–water partition coefficient (Wildman–Crippen LogP) is 2.82. The molecule has 3 atom stereocenters. The molecular weight excluding hydrogens is 428 g/mol. The van der Waals surface area contributed by atoms with Gasteiger partial charge in [0.1, 0.15) is 16.4 Å². The summed E-state index contributed by atoms with van der Waals surface area (Å²) in [5.41, 5.74) is 11.5. The molecule has 4 aromatic rings. The Balaban J connectivity index is 1.50. The van der Waals surface area contributed by atoms with Gasteiger partial charge in [-0.1, -0.05) is 17.7 Å². The van der Waals surface area contributed by atoms with Crippen molar-refractivity contribution in [1.82, 2.24) is 29.9 Å². The molecule has 0 saturated carbocycles. The van der Waals surface area contributed by atoms with Crippen molar-refractivity contribution >= 4 is 39.5 Å². The second-order valence-corrected chi connectivity index (χ2v) is 9.35. The molecule has 2 aliphatic heterocycles. The zero-order valence-electron chi connectivity index (χ0n) is 18.0. The van der Waals surface area contributed by atoms with Crippen LogP contribution in [0.25, 0.3) is 33.3 Å². The van der Waals surface area contributed by atoms with E-state index in [0.717, 1.165) is 59.2 Å². The van der Waals surface area contributed by atoms with Crippen LogP contribution in [-0.2, 0) is 13.7 Å². The molecule has 2 aliphatic rings. The number of rotatable bonds is 3. The summed E-state index contributed by atoms with van der Waals surface area (Å²) in [6.45, 7) is 1.83. The van der Waals surface area contributed by atoms with E-state index in [1.807, 2.05) is 26.1 Å². The standard InChI is InChI=1S/C22H25ClN8O/c1-10-14(5-6-15-17(10)20(23)30(2)29-15)18-19-21(28-27-18)26-22(16(9-32)25-19)31-12-3-4-13(31)8-11(24)7-12/h5-6,11-13,32H,3-4,7-9,24H2,1-2H3,(H,26,27,28)/t11?,12-,13+. The molecule has 5 heterocycles. The fraction of sp³-hybridized carbons (Fsp3) is 0.455. The third-order valence-electron chi connectivity index (χ3n) is 7.06. The Bertz CT molecular complexity index is 1350. The third-order valence-corrected chi connectivity index (χ3v) is 7.50. The van der Waals surface area contributed by atoms with Crippen LogP contribution >= 0.6 is 11.6 Å². The number of piperidine rings is 1. The minimum absolute atomic E-state index is 0.183. The van der Waals surface area contributed by atoms with Gasteiger partial charge in [0.05, 0.1) is 17.8 Å². The van der Waals surface area contributed by atoms with E-state index in [4.69, 9.17) is 27.3 Å². The summed E-state index contributed by atoms with van der Waals surface area (Å²) >= 11 is 6.50. The Kier molecular flexibility index (Phi) is 4.43. The lowest BCUT2D eigenvalue weighted by Crippen LogP contribution is -2.48. The highest BCUT2D eigenvalue weighted by Gasteiger charge is 2.41. The number of aromatic nitrogens is 6. The first-order valence-electron chi connectivity index (χ1n) is 11.0. The highest BCUT2D eigenvalue weighted by atomic mass is 35.5. The molecule has 1 unspecified atom stereocenters. The molecule has 4 N–H and O–H groups in total. The SMILES string of the molecule is Cc1c(-c2[nH]nc3nc(N4[C@@H]5CC[C@H]4CC(N)C5)c(CO)nc23)ccc2nn(C)c(Cl)c12. The summed E-state index contributed by atoms with van der Waals surface area (Å²) in [6, 6.07) is 4.86. The zero-order chi connectivity index (χ0) is 22.1. The smallest absolute Gasteiger partial charge is 0.202 e. The van der Waals surface area contributed by atoms with Crippen LogP contribution in [0.15, 0.2) is 12.1 Å². The van der Waals surface area contributed by atoms with Gasteiger partial charge in [-0.05, 0) is 44.2 Å². The molecule has 2 bridgehead atoms. The van der Waals surface area contributed by atoms with E-state index in [0.29, 0.717) is 34.1 Å². The maximum Gasteiger partial charge on any atom is 0.202 e. The summed E-state index contributed by atoms with van der Waals surface area (Å²) in [7, 11) is 1.83.